The van der Waals surface area contributed by atoms with E-state index in [9.17, 15) is 4.79 Å². The van der Waals surface area contributed by atoms with Crippen LogP contribution in [0.2, 0.25) is 0 Å². The lowest BCUT2D eigenvalue weighted by Crippen LogP contribution is -2.01. The van der Waals surface area contributed by atoms with Gasteiger partial charge in [0, 0.05) is 4.88 Å². The minimum absolute atomic E-state index is 0.0963. The third-order valence-electron chi connectivity index (χ3n) is 2.20. The van der Waals surface area contributed by atoms with Crippen molar-refractivity contribution in [2.75, 3.05) is 0 Å². The van der Waals surface area contributed by atoms with Crippen LogP contribution in [-0.2, 0) is 13.0 Å². The van der Waals surface area contributed by atoms with E-state index in [1.165, 1.54) is 17.7 Å². The first-order valence-electron chi connectivity index (χ1n) is 5.44. The zero-order valence-corrected chi connectivity index (χ0v) is 10.6. The first-order valence-corrected chi connectivity index (χ1v) is 6.26. The van der Waals surface area contributed by atoms with E-state index in [1.54, 1.807) is 6.07 Å². The summed E-state index contributed by atoms with van der Waals surface area (Å²) in [6.07, 6.45) is 3.01. The maximum absolute atomic E-state index is 11.1. The molecule has 0 spiro atoms. The van der Waals surface area contributed by atoms with Gasteiger partial charge in [-0.3, -0.25) is 0 Å². The Bertz CT molecular complexity index is 521. The Hall–Kier alpha value is -1.89. The van der Waals surface area contributed by atoms with Crippen LogP contribution in [0.5, 0.6) is 5.75 Å². The van der Waals surface area contributed by atoms with Gasteiger partial charge in [0.25, 0.3) is 0 Å². The van der Waals surface area contributed by atoms with Crippen molar-refractivity contribution in [2.45, 2.75) is 26.4 Å². The maximum atomic E-state index is 11.1. The monoisotopic (exact) mass is 268 g/mol. The second kappa shape index (κ2) is 5.63. The van der Waals surface area contributed by atoms with Gasteiger partial charge in [-0.2, -0.15) is 4.98 Å². The fraction of sp³-hybridized carbons (Fsp3) is 0.364. The van der Waals surface area contributed by atoms with Crippen molar-refractivity contribution in [1.82, 2.24) is 10.1 Å². The van der Waals surface area contributed by atoms with Gasteiger partial charge in [0.1, 0.15) is 5.75 Å². The molecule has 0 aliphatic heterocycles. The molecule has 2 rings (SSSR count). The summed E-state index contributed by atoms with van der Waals surface area (Å²) >= 11 is 1.24. The van der Waals surface area contributed by atoms with Gasteiger partial charge in [0.2, 0.25) is 12.2 Å². The number of hydrogen-bond donors (Lipinski definition) is 1. The molecule has 7 heteroatoms. The average molecular weight is 268 g/mol. The van der Waals surface area contributed by atoms with Gasteiger partial charge < -0.3 is 14.4 Å². The van der Waals surface area contributed by atoms with Crippen LogP contribution < -0.4 is 4.74 Å². The number of rotatable bonds is 6. The molecule has 0 saturated heterocycles. The van der Waals surface area contributed by atoms with Crippen LogP contribution in [0.15, 0.2) is 17.0 Å². The normalized spacial score (nSPS) is 10.5. The highest BCUT2D eigenvalue weighted by Crippen LogP contribution is 2.30. The molecule has 0 aromatic carbocycles. The minimum atomic E-state index is -0.981. The van der Waals surface area contributed by atoms with E-state index < -0.39 is 5.97 Å². The summed E-state index contributed by atoms with van der Waals surface area (Å²) in [5.74, 6) is -0.235. The Labute approximate surface area is 107 Å². The average Bonchev–Trinajstić information content (AvgIpc) is 2.95. The van der Waals surface area contributed by atoms with Gasteiger partial charge in [-0.05, 0) is 12.5 Å². The molecule has 18 heavy (non-hydrogen) atoms. The summed E-state index contributed by atoms with van der Waals surface area (Å²) in [6, 6.07) is 1.76. The summed E-state index contributed by atoms with van der Waals surface area (Å²) < 4.78 is 9.98. The summed E-state index contributed by atoms with van der Waals surface area (Å²) in [7, 11) is 0. The predicted molar refractivity (Wildman–Crippen MR) is 63.9 cm³/mol. The lowest BCUT2D eigenvalue weighted by Gasteiger charge is -2.01. The number of hydrogen-bond acceptors (Lipinski definition) is 6. The number of aromatic carboxylic acids is 1. The molecule has 0 amide bonds. The molecule has 6 nitrogen and oxygen atoms in total. The van der Waals surface area contributed by atoms with Crippen molar-refractivity contribution in [3.05, 3.63) is 28.0 Å². The number of carboxylic acid groups (broad SMARTS) is 1. The number of nitrogens with zero attached hydrogens (tertiary/aromatic N) is 2. The van der Waals surface area contributed by atoms with Crippen molar-refractivity contribution in [3.8, 4) is 5.75 Å². The fourth-order valence-electron chi connectivity index (χ4n) is 1.45. The second-order valence-electron chi connectivity index (χ2n) is 3.60. The van der Waals surface area contributed by atoms with Crippen molar-refractivity contribution in [3.63, 3.8) is 0 Å². The molecule has 0 saturated carbocycles. The van der Waals surface area contributed by atoms with E-state index in [0.29, 0.717) is 11.6 Å². The number of carboxylic acids is 1. The number of thiophene rings is 1. The van der Waals surface area contributed by atoms with Gasteiger partial charge >= 0.3 is 5.97 Å². The highest BCUT2D eigenvalue weighted by Gasteiger charge is 2.17. The van der Waals surface area contributed by atoms with Gasteiger partial charge in [0.05, 0.1) is 0 Å². The Morgan fingerprint density at radius 2 is 2.44 bits per heavy atom. The van der Waals surface area contributed by atoms with Crippen molar-refractivity contribution in [2.24, 2.45) is 0 Å². The van der Waals surface area contributed by atoms with Crippen LogP contribution in [0.3, 0.4) is 0 Å². The van der Waals surface area contributed by atoms with E-state index in [2.05, 4.69) is 14.7 Å². The zero-order valence-electron chi connectivity index (χ0n) is 9.75. The summed E-state index contributed by atoms with van der Waals surface area (Å²) in [4.78, 5) is 16.1. The summed E-state index contributed by atoms with van der Waals surface area (Å²) in [5, 5.41) is 12.7. The summed E-state index contributed by atoms with van der Waals surface area (Å²) in [5.41, 5.74) is 0. The first-order chi connectivity index (χ1) is 8.70. The molecule has 2 aromatic rings. The van der Waals surface area contributed by atoms with Crippen molar-refractivity contribution in [1.29, 1.82) is 0 Å². The van der Waals surface area contributed by atoms with Gasteiger partial charge in [-0.1, -0.05) is 18.5 Å². The highest BCUT2D eigenvalue weighted by molar-refractivity contribution is 7.14. The van der Waals surface area contributed by atoms with Crippen molar-refractivity contribution >= 4 is 17.3 Å². The van der Waals surface area contributed by atoms with E-state index in [4.69, 9.17) is 9.84 Å². The standard InChI is InChI=1S/C11H12N2O4S/c1-2-3-7-4-8(10(18-7)11(14)15)16-5-9-12-6-17-13-9/h4,6H,2-3,5H2,1H3,(H,14,15). The molecule has 0 fully saturated rings. The predicted octanol–water partition coefficient (Wildman–Crippen LogP) is 2.36. The molecule has 0 bridgehead atoms. The van der Waals surface area contributed by atoms with E-state index in [-0.39, 0.29) is 11.5 Å². The molecule has 0 unspecified atom stereocenters. The Balaban J connectivity index is 2.12. The van der Waals surface area contributed by atoms with Crippen LogP contribution in [0.1, 0.15) is 33.7 Å². The first kappa shape index (κ1) is 12.6. The quantitative estimate of drug-likeness (QED) is 0.865. The third kappa shape index (κ3) is 2.86. The van der Waals surface area contributed by atoms with E-state index in [1.807, 2.05) is 6.92 Å². The molecule has 0 radical (unpaired) electrons. The SMILES string of the molecule is CCCc1cc(OCc2ncon2)c(C(=O)O)s1. The highest BCUT2D eigenvalue weighted by atomic mass is 32.1. The maximum Gasteiger partial charge on any atom is 0.349 e. The molecule has 1 N–H and O–H groups in total. The molecule has 2 aromatic heterocycles. The fourth-order valence-corrected chi connectivity index (χ4v) is 2.49. The van der Waals surface area contributed by atoms with Crippen LogP contribution in [0.4, 0.5) is 0 Å². The minimum Gasteiger partial charge on any atom is -0.484 e. The molecular formula is C11H12N2O4S. The molecule has 2 heterocycles. The van der Waals surface area contributed by atoms with Crippen LogP contribution in [0, 0.1) is 0 Å². The van der Waals surface area contributed by atoms with Gasteiger partial charge in [-0.25, -0.2) is 4.79 Å². The molecule has 0 atom stereocenters. The summed E-state index contributed by atoms with van der Waals surface area (Å²) in [6.45, 7) is 2.14. The lowest BCUT2D eigenvalue weighted by atomic mass is 10.3. The Morgan fingerprint density at radius 1 is 1.61 bits per heavy atom. The molecule has 0 aliphatic carbocycles. The molecular weight excluding hydrogens is 256 g/mol. The Kier molecular flexibility index (Phi) is 3.93. The number of aryl methyl sites for hydroxylation is 1. The van der Waals surface area contributed by atoms with Crippen LogP contribution >= 0.6 is 11.3 Å². The zero-order chi connectivity index (χ0) is 13.0. The molecule has 0 aliphatic rings. The van der Waals surface area contributed by atoms with Gasteiger partial charge in [-0.15, -0.1) is 11.3 Å². The van der Waals surface area contributed by atoms with Crippen molar-refractivity contribution < 1.29 is 19.2 Å². The van der Waals surface area contributed by atoms with E-state index in [0.717, 1.165) is 17.7 Å². The van der Waals surface area contributed by atoms with E-state index >= 15 is 0 Å². The lowest BCUT2D eigenvalue weighted by molar-refractivity contribution is 0.0697. The second-order valence-corrected chi connectivity index (χ2v) is 4.73. The molecule has 96 valence electrons. The number of aromatic nitrogens is 2. The number of ether oxygens (including phenoxy) is 1. The van der Waals surface area contributed by atoms with Crippen LogP contribution in [-0.4, -0.2) is 21.2 Å². The largest absolute Gasteiger partial charge is 0.484 e. The number of carbonyl (C=O) groups is 1. The van der Waals surface area contributed by atoms with Crippen LogP contribution in [0.25, 0.3) is 0 Å². The third-order valence-corrected chi connectivity index (χ3v) is 3.37. The topological polar surface area (TPSA) is 85.5 Å². The van der Waals surface area contributed by atoms with Gasteiger partial charge in [0.15, 0.2) is 11.5 Å². The Morgan fingerprint density at radius 3 is 3.06 bits per heavy atom. The smallest absolute Gasteiger partial charge is 0.349 e.